The fourth-order valence-corrected chi connectivity index (χ4v) is 1.57. The second-order valence-corrected chi connectivity index (χ2v) is 4.02. The van der Waals surface area contributed by atoms with E-state index in [1.54, 1.807) is 12.1 Å². The fraction of sp³-hybridized carbons (Fsp3) is 0.462. The molecule has 2 atom stereocenters. The Morgan fingerprint density at radius 2 is 1.94 bits per heavy atom. The third-order valence-electron chi connectivity index (χ3n) is 2.70. The molecule has 2 unspecified atom stereocenters. The molecule has 1 aromatic rings. The van der Waals surface area contributed by atoms with Crippen LogP contribution in [-0.2, 0) is 4.79 Å². The molecular formula is C13H19NO3. The number of carboxylic acids is 1. The molecule has 0 amide bonds. The molecule has 0 bridgehead atoms. The van der Waals surface area contributed by atoms with Crippen LogP contribution in [0.25, 0.3) is 0 Å². The van der Waals surface area contributed by atoms with Crippen LogP contribution in [0.1, 0.15) is 24.8 Å². The molecule has 0 saturated heterocycles. The monoisotopic (exact) mass is 237 g/mol. The van der Waals surface area contributed by atoms with Crippen LogP contribution in [0.5, 0.6) is 0 Å². The fourth-order valence-electron chi connectivity index (χ4n) is 1.57. The molecule has 0 fully saturated rings. The molecule has 4 nitrogen and oxygen atoms in total. The molecule has 0 radical (unpaired) electrons. The summed E-state index contributed by atoms with van der Waals surface area (Å²) in [5.41, 5.74) is 0.776. The summed E-state index contributed by atoms with van der Waals surface area (Å²) in [6.45, 7) is 2.64. The lowest BCUT2D eigenvalue weighted by molar-refractivity contribution is -0.138. The number of hydrogen-bond donors (Lipinski definition) is 3. The highest BCUT2D eigenvalue weighted by Gasteiger charge is 2.19. The summed E-state index contributed by atoms with van der Waals surface area (Å²) < 4.78 is 0. The van der Waals surface area contributed by atoms with Crippen molar-refractivity contribution in [3.8, 4) is 0 Å². The van der Waals surface area contributed by atoms with E-state index in [2.05, 4.69) is 5.32 Å². The van der Waals surface area contributed by atoms with Gasteiger partial charge in [0.15, 0.2) is 0 Å². The average Bonchev–Trinajstić information content (AvgIpc) is 2.34. The van der Waals surface area contributed by atoms with Gasteiger partial charge in [0.1, 0.15) is 0 Å². The lowest BCUT2D eigenvalue weighted by Crippen LogP contribution is -2.32. The van der Waals surface area contributed by atoms with E-state index in [4.69, 9.17) is 5.11 Å². The van der Waals surface area contributed by atoms with Gasteiger partial charge in [-0.2, -0.15) is 0 Å². The maximum atomic E-state index is 11.1. The van der Waals surface area contributed by atoms with E-state index in [9.17, 15) is 9.90 Å². The number of nitrogens with one attached hydrogen (secondary N) is 1. The second kappa shape index (κ2) is 7.04. The number of aliphatic hydroxyl groups excluding tert-OH is 1. The van der Waals surface area contributed by atoms with Crippen LogP contribution in [-0.4, -0.2) is 35.4 Å². The van der Waals surface area contributed by atoms with Crippen molar-refractivity contribution in [1.82, 2.24) is 5.32 Å². The predicted molar refractivity (Wildman–Crippen MR) is 66.0 cm³/mol. The second-order valence-electron chi connectivity index (χ2n) is 4.02. The van der Waals surface area contributed by atoms with E-state index in [-0.39, 0.29) is 0 Å². The summed E-state index contributed by atoms with van der Waals surface area (Å²) in [7, 11) is 0. The van der Waals surface area contributed by atoms with E-state index < -0.39 is 18.0 Å². The minimum absolute atomic E-state index is 0.330. The average molecular weight is 237 g/mol. The number of carboxylic acid groups (broad SMARTS) is 1. The van der Waals surface area contributed by atoms with E-state index in [1.807, 2.05) is 25.1 Å². The van der Waals surface area contributed by atoms with Crippen molar-refractivity contribution in [1.29, 1.82) is 0 Å². The minimum Gasteiger partial charge on any atom is -0.481 e. The molecule has 0 aromatic heterocycles. The summed E-state index contributed by atoms with van der Waals surface area (Å²) in [5, 5.41) is 21.5. The molecule has 0 aliphatic rings. The topological polar surface area (TPSA) is 69.6 Å². The summed E-state index contributed by atoms with van der Waals surface area (Å²) in [4.78, 5) is 11.1. The predicted octanol–water partition coefficient (Wildman–Crippen LogP) is 1.22. The molecule has 0 heterocycles. The Kier molecular flexibility index (Phi) is 5.66. The Hall–Kier alpha value is -1.39. The van der Waals surface area contributed by atoms with Gasteiger partial charge in [0.2, 0.25) is 0 Å². The van der Waals surface area contributed by atoms with Crippen molar-refractivity contribution < 1.29 is 15.0 Å². The van der Waals surface area contributed by atoms with Crippen LogP contribution in [0.3, 0.4) is 0 Å². The van der Waals surface area contributed by atoms with E-state index in [1.165, 1.54) is 0 Å². The largest absolute Gasteiger partial charge is 0.481 e. The first-order valence-electron chi connectivity index (χ1n) is 5.81. The first-order valence-corrected chi connectivity index (χ1v) is 5.81. The van der Waals surface area contributed by atoms with E-state index >= 15 is 0 Å². The third kappa shape index (κ3) is 4.54. The zero-order valence-corrected chi connectivity index (χ0v) is 9.97. The van der Waals surface area contributed by atoms with Crippen LogP contribution >= 0.6 is 0 Å². The zero-order chi connectivity index (χ0) is 12.7. The summed E-state index contributed by atoms with van der Waals surface area (Å²) in [6, 6.07) is 9.11. The van der Waals surface area contributed by atoms with Crippen LogP contribution in [0.2, 0.25) is 0 Å². The molecule has 0 saturated carbocycles. The number of hydrogen-bond acceptors (Lipinski definition) is 3. The van der Waals surface area contributed by atoms with Crippen molar-refractivity contribution in [2.24, 2.45) is 0 Å². The Morgan fingerprint density at radius 1 is 1.29 bits per heavy atom. The van der Waals surface area contributed by atoms with Gasteiger partial charge < -0.3 is 15.5 Å². The SMILES string of the molecule is CCC(O)CNCC(C(=O)O)c1ccccc1. The summed E-state index contributed by atoms with van der Waals surface area (Å²) >= 11 is 0. The van der Waals surface area contributed by atoms with Crippen LogP contribution < -0.4 is 5.32 Å². The van der Waals surface area contributed by atoms with Crippen molar-refractivity contribution in [2.75, 3.05) is 13.1 Å². The molecular weight excluding hydrogens is 218 g/mol. The molecule has 1 aromatic carbocycles. The smallest absolute Gasteiger partial charge is 0.312 e. The van der Waals surface area contributed by atoms with E-state index in [0.717, 1.165) is 5.56 Å². The minimum atomic E-state index is -0.852. The van der Waals surface area contributed by atoms with Crippen molar-refractivity contribution in [3.63, 3.8) is 0 Å². The van der Waals surface area contributed by atoms with Gasteiger partial charge in [-0.15, -0.1) is 0 Å². The molecule has 0 aliphatic carbocycles. The number of carbonyl (C=O) groups is 1. The number of aliphatic carboxylic acids is 1. The number of rotatable bonds is 7. The lowest BCUT2D eigenvalue weighted by Gasteiger charge is -2.15. The first kappa shape index (κ1) is 13.7. The Labute approximate surface area is 101 Å². The normalized spacial score (nSPS) is 14.2. The van der Waals surface area contributed by atoms with Gasteiger partial charge in [0.05, 0.1) is 12.0 Å². The Morgan fingerprint density at radius 3 is 2.47 bits per heavy atom. The standard InChI is InChI=1S/C13H19NO3/c1-2-11(15)8-14-9-12(13(16)17)10-6-4-3-5-7-10/h3-7,11-12,14-15H,2,8-9H2,1H3,(H,16,17). The highest BCUT2D eigenvalue weighted by Crippen LogP contribution is 2.14. The number of benzene rings is 1. The molecule has 4 heteroatoms. The molecule has 3 N–H and O–H groups in total. The Bertz CT molecular complexity index is 340. The molecule has 1 rings (SSSR count). The third-order valence-corrected chi connectivity index (χ3v) is 2.70. The molecule has 0 aliphatic heterocycles. The van der Waals surface area contributed by atoms with Crippen molar-refractivity contribution >= 4 is 5.97 Å². The van der Waals surface area contributed by atoms with Gasteiger partial charge >= 0.3 is 5.97 Å². The molecule has 0 spiro atoms. The van der Waals surface area contributed by atoms with Crippen LogP contribution in [0.15, 0.2) is 30.3 Å². The quantitative estimate of drug-likeness (QED) is 0.667. The first-order chi connectivity index (χ1) is 8.15. The summed E-state index contributed by atoms with van der Waals surface area (Å²) in [6.07, 6.45) is 0.246. The maximum absolute atomic E-state index is 11.1. The molecule has 94 valence electrons. The number of aliphatic hydroxyl groups is 1. The van der Waals surface area contributed by atoms with Gasteiger partial charge in [-0.3, -0.25) is 4.79 Å². The van der Waals surface area contributed by atoms with Gasteiger partial charge in [-0.05, 0) is 12.0 Å². The zero-order valence-electron chi connectivity index (χ0n) is 9.97. The van der Waals surface area contributed by atoms with Gasteiger partial charge in [-0.1, -0.05) is 37.3 Å². The van der Waals surface area contributed by atoms with Crippen molar-refractivity contribution in [2.45, 2.75) is 25.4 Å². The van der Waals surface area contributed by atoms with Gasteiger partial charge in [0, 0.05) is 13.1 Å². The molecule has 17 heavy (non-hydrogen) atoms. The van der Waals surface area contributed by atoms with Crippen LogP contribution in [0.4, 0.5) is 0 Å². The Balaban J connectivity index is 2.54. The van der Waals surface area contributed by atoms with Crippen LogP contribution in [0, 0.1) is 0 Å². The van der Waals surface area contributed by atoms with E-state index in [0.29, 0.717) is 19.5 Å². The van der Waals surface area contributed by atoms with Gasteiger partial charge in [0.25, 0.3) is 0 Å². The van der Waals surface area contributed by atoms with Crippen molar-refractivity contribution in [3.05, 3.63) is 35.9 Å². The van der Waals surface area contributed by atoms with Gasteiger partial charge in [-0.25, -0.2) is 0 Å². The lowest BCUT2D eigenvalue weighted by atomic mass is 9.99. The highest BCUT2D eigenvalue weighted by molar-refractivity contribution is 5.76. The highest BCUT2D eigenvalue weighted by atomic mass is 16.4. The summed E-state index contributed by atoms with van der Waals surface area (Å²) in [5.74, 6) is -1.42. The maximum Gasteiger partial charge on any atom is 0.312 e.